The van der Waals surface area contributed by atoms with Gasteiger partial charge in [0.2, 0.25) is 0 Å². The molecular formula is C16H32N2O. The van der Waals surface area contributed by atoms with Crippen molar-refractivity contribution in [3.63, 3.8) is 0 Å². The number of likely N-dealkylation sites (N-methyl/N-ethyl adjacent to an activating group) is 2. The molecule has 2 aliphatic carbocycles. The molecule has 19 heavy (non-hydrogen) atoms. The largest absolute Gasteiger partial charge is 0.379 e. The minimum Gasteiger partial charge on any atom is -0.379 e. The van der Waals surface area contributed by atoms with Gasteiger partial charge in [0.25, 0.3) is 0 Å². The Morgan fingerprint density at radius 2 is 1.11 bits per heavy atom. The zero-order chi connectivity index (χ0) is 13.5. The van der Waals surface area contributed by atoms with Crippen LogP contribution in [0.1, 0.15) is 51.4 Å². The van der Waals surface area contributed by atoms with E-state index in [0.29, 0.717) is 0 Å². The molecule has 0 radical (unpaired) electrons. The van der Waals surface area contributed by atoms with Crippen molar-refractivity contribution in [3.8, 4) is 0 Å². The van der Waals surface area contributed by atoms with Crippen LogP contribution < -0.4 is 0 Å². The molecule has 0 aromatic carbocycles. The Morgan fingerprint density at radius 3 is 1.47 bits per heavy atom. The van der Waals surface area contributed by atoms with Gasteiger partial charge in [-0.05, 0) is 39.8 Å². The van der Waals surface area contributed by atoms with Crippen molar-refractivity contribution in [1.29, 1.82) is 0 Å². The fraction of sp³-hybridized carbons (Fsp3) is 1.00. The molecule has 0 heterocycles. The normalized spacial score (nSPS) is 22.1. The monoisotopic (exact) mass is 268 g/mol. The number of nitrogens with zero attached hydrogens (tertiary/aromatic N) is 2. The summed E-state index contributed by atoms with van der Waals surface area (Å²) in [5, 5.41) is 0. The summed E-state index contributed by atoms with van der Waals surface area (Å²) in [5.74, 6) is 0. The molecule has 0 spiro atoms. The molecule has 2 fully saturated rings. The molecule has 0 N–H and O–H groups in total. The standard InChI is InChI=1S/C16H32N2O/c1-17(15-7-3-4-8-15)11-13-19-14-12-18(2)16-9-5-6-10-16/h15-16H,3-14H2,1-2H3. The van der Waals surface area contributed by atoms with E-state index >= 15 is 0 Å². The third kappa shape index (κ3) is 5.05. The zero-order valence-electron chi connectivity index (χ0n) is 12.9. The van der Waals surface area contributed by atoms with E-state index in [2.05, 4.69) is 23.9 Å². The first-order valence-electron chi connectivity index (χ1n) is 8.25. The van der Waals surface area contributed by atoms with Crippen LogP contribution in [-0.4, -0.2) is 62.3 Å². The van der Waals surface area contributed by atoms with E-state index in [1.165, 1.54) is 51.4 Å². The van der Waals surface area contributed by atoms with E-state index < -0.39 is 0 Å². The Hall–Kier alpha value is -0.120. The van der Waals surface area contributed by atoms with E-state index in [9.17, 15) is 0 Å². The quantitative estimate of drug-likeness (QED) is 0.630. The van der Waals surface area contributed by atoms with Gasteiger partial charge in [-0.3, -0.25) is 0 Å². The highest BCUT2D eigenvalue weighted by atomic mass is 16.5. The lowest BCUT2D eigenvalue weighted by molar-refractivity contribution is 0.0768. The second-order valence-corrected chi connectivity index (χ2v) is 6.45. The van der Waals surface area contributed by atoms with Crippen LogP contribution in [0.15, 0.2) is 0 Å². The number of hydrogen-bond acceptors (Lipinski definition) is 3. The predicted octanol–water partition coefficient (Wildman–Crippen LogP) is 2.75. The summed E-state index contributed by atoms with van der Waals surface area (Å²) >= 11 is 0. The van der Waals surface area contributed by atoms with E-state index in [4.69, 9.17) is 4.74 Å². The van der Waals surface area contributed by atoms with Crippen LogP contribution >= 0.6 is 0 Å². The van der Waals surface area contributed by atoms with Gasteiger partial charge in [-0.1, -0.05) is 25.7 Å². The molecule has 0 aromatic rings. The molecule has 0 saturated heterocycles. The fourth-order valence-electron chi connectivity index (χ4n) is 3.57. The van der Waals surface area contributed by atoms with Gasteiger partial charge in [-0.15, -0.1) is 0 Å². The van der Waals surface area contributed by atoms with E-state index in [1.54, 1.807) is 0 Å². The van der Waals surface area contributed by atoms with E-state index in [-0.39, 0.29) is 0 Å². The van der Waals surface area contributed by atoms with Gasteiger partial charge in [-0.25, -0.2) is 0 Å². The van der Waals surface area contributed by atoms with Crippen LogP contribution in [0.2, 0.25) is 0 Å². The second-order valence-electron chi connectivity index (χ2n) is 6.45. The van der Waals surface area contributed by atoms with Crippen molar-refractivity contribution >= 4 is 0 Å². The van der Waals surface area contributed by atoms with Gasteiger partial charge in [0.05, 0.1) is 13.2 Å². The zero-order valence-corrected chi connectivity index (χ0v) is 12.9. The minimum absolute atomic E-state index is 0.824. The molecule has 3 heteroatoms. The minimum atomic E-state index is 0.824. The van der Waals surface area contributed by atoms with Crippen molar-refractivity contribution in [2.45, 2.75) is 63.5 Å². The van der Waals surface area contributed by atoms with Crippen LogP contribution in [0.4, 0.5) is 0 Å². The Labute approximate surface area is 119 Å². The molecule has 0 amide bonds. The second kappa shape index (κ2) is 8.23. The molecule has 112 valence electrons. The van der Waals surface area contributed by atoms with E-state index in [1.807, 2.05) is 0 Å². The highest BCUT2D eigenvalue weighted by Crippen LogP contribution is 2.22. The Kier molecular flexibility index (Phi) is 6.62. The first-order chi connectivity index (χ1) is 9.27. The van der Waals surface area contributed by atoms with Gasteiger partial charge < -0.3 is 14.5 Å². The molecule has 0 atom stereocenters. The molecule has 2 aliphatic rings. The van der Waals surface area contributed by atoms with Crippen molar-refractivity contribution < 1.29 is 4.74 Å². The topological polar surface area (TPSA) is 15.7 Å². The molecular weight excluding hydrogens is 236 g/mol. The number of hydrogen-bond donors (Lipinski definition) is 0. The fourth-order valence-corrected chi connectivity index (χ4v) is 3.57. The number of rotatable bonds is 8. The van der Waals surface area contributed by atoms with Gasteiger partial charge >= 0.3 is 0 Å². The van der Waals surface area contributed by atoms with Crippen LogP contribution in [-0.2, 0) is 4.74 Å². The van der Waals surface area contributed by atoms with Gasteiger partial charge in [-0.2, -0.15) is 0 Å². The molecule has 0 unspecified atom stereocenters. The van der Waals surface area contributed by atoms with Crippen molar-refractivity contribution in [2.24, 2.45) is 0 Å². The maximum atomic E-state index is 5.81. The average Bonchev–Trinajstić information content (AvgIpc) is 3.10. The summed E-state index contributed by atoms with van der Waals surface area (Å²) in [5.41, 5.74) is 0. The highest BCUT2D eigenvalue weighted by molar-refractivity contribution is 4.76. The maximum Gasteiger partial charge on any atom is 0.0594 e. The summed E-state index contributed by atoms with van der Waals surface area (Å²) in [4.78, 5) is 4.99. The Balaban J connectivity index is 1.47. The van der Waals surface area contributed by atoms with Crippen LogP contribution in [0.25, 0.3) is 0 Å². The van der Waals surface area contributed by atoms with Crippen LogP contribution in [0, 0.1) is 0 Å². The SMILES string of the molecule is CN(CCOCCN(C)C1CCCC1)C1CCCC1. The molecule has 0 aromatic heterocycles. The Bertz CT molecular complexity index is 211. The Morgan fingerprint density at radius 1 is 0.737 bits per heavy atom. The first-order valence-corrected chi connectivity index (χ1v) is 8.25. The lowest BCUT2D eigenvalue weighted by atomic mass is 10.2. The highest BCUT2D eigenvalue weighted by Gasteiger charge is 2.20. The first kappa shape index (κ1) is 15.3. The van der Waals surface area contributed by atoms with Gasteiger partial charge in [0, 0.05) is 25.2 Å². The maximum absolute atomic E-state index is 5.81. The smallest absolute Gasteiger partial charge is 0.0594 e. The van der Waals surface area contributed by atoms with Crippen LogP contribution in [0.3, 0.4) is 0 Å². The van der Waals surface area contributed by atoms with Crippen molar-refractivity contribution in [2.75, 3.05) is 40.4 Å². The molecule has 2 rings (SSSR count). The third-order valence-electron chi connectivity index (χ3n) is 5.07. The molecule has 0 bridgehead atoms. The number of ether oxygens (including phenoxy) is 1. The summed E-state index contributed by atoms with van der Waals surface area (Å²) in [6, 6.07) is 1.65. The average molecular weight is 268 g/mol. The molecule has 2 saturated carbocycles. The molecule has 3 nitrogen and oxygen atoms in total. The summed E-state index contributed by atoms with van der Waals surface area (Å²) in [7, 11) is 4.51. The predicted molar refractivity (Wildman–Crippen MR) is 80.6 cm³/mol. The van der Waals surface area contributed by atoms with E-state index in [0.717, 1.165) is 38.4 Å². The van der Waals surface area contributed by atoms with Crippen molar-refractivity contribution in [1.82, 2.24) is 9.80 Å². The van der Waals surface area contributed by atoms with Crippen LogP contribution in [0.5, 0.6) is 0 Å². The summed E-state index contributed by atoms with van der Waals surface area (Å²) in [6.45, 7) is 3.98. The molecule has 0 aliphatic heterocycles. The lowest BCUT2D eigenvalue weighted by Crippen LogP contribution is -2.34. The van der Waals surface area contributed by atoms with Crippen molar-refractivity contribution in [3.05, 3.63) is 0 Å². The lowest BCUT2D eigenvalue weighted by Gasteiger charge is -2.25. The third-order valence-corrected chi connectivity index (χ3v) is 5.07. The summed E-state index contributed by atoms with van der Waals surface area (Å²) in [6.07, 6.45) is 11.2. The van der Waals surface area contributed by atoms with Gasteiger partial charge in [0.1, 0.15) is 0 Å². The summed E-state index contributed by atoms with van der Waals surface area (Å²) < 4.78 is 5.81. The van der Waals surface area contributed by atoms with Gasteiger partial charge in [0.15, 0.2) is 0 Å².